The number of amides is 4. The van der Waals surface area contributed by atoms with E-state index in [-0.39, 0.29) is 18.9 Å². The van der Waals surface area contributed by atoms with E-state index in [0.717, 1.165) is 0 Å². The third kappa shape index (κ3) is 8.20. The molecule has 0 aliphatic heterocycles. The minimum Gasteiger partial charge on any atom is -0.396 e. The van der Waals surface area contributed by atoms with Crippen LogP contribution in [0.15, 0.2) is 0 Å². The second-order valence-electron chi connectivity index (χ2n) is 5.36. The third-order valence-corrected chi connectivity index (χ3v) is 2.76. The van der Waals surface area contributed by atoms with Crippen molar-refractivity contribution in [1.82, 2.24) is 10.6 Å². The number of hydrogen-bond acceptors (Lipinski definition) is 5. The highest BCUT2D eigenvalue weighted by Gasteiger charge is 2.27. The Labute approximate surface area is 128 Å². The topological polar surface area (TPSA) is 165 Å². The molecule has 22 heavy (non-hydrogen) atoms. The highest BCUT2D eigenvalue weighted by Crippen LogP contribution is 2.06. The first kappa shape index (κ1) is 19.8. The SMILES string of the molecule is CC(C)C[C@H](NC(=O)CCO)C(=O)N[C@@H](CC(N)=O)C(N)=O. The Morgan fingerprint density at radius 3 is 2.05 bits per heavy atom. The van der Waals surface area contributed by atoms with Crippen molar-refractivity contribution in [3.05, 3.63) is 0 Å². The number of nitrogens with one attached hydrogen (secondary N) is 2. The maximum atomic E-state index is 12.2. The fraction of sp³-hybridized carbons (Fsp3) is 0.692. The van der Waals surface area contributed by atoms with Gasteiger partial charge in [-0.3, -0.25) is 19.2 Å². The summed E-state index contributed by atoms with van der Waals surface area (Å²) in [5, 5.41) is 13.5. The van der Waals surface area contributed by atoms with Gasteiger partial charge in [-0.05, 0) is 12.3 Å². The summed E-state index contributed by atoms with van der Waals surface area (Å²) in [5.74, 6) is -2.71. The molecule has 9 nitrogen and oxygen atoms in total. The van der Waals surface area contributed by atoms with Crippen molar-refractivity contribution in [2.75, 3.05) is 6.61 Å². The number of nitrogens with two attached hydrogens (primary N) is 2. The van der Waals surface area contributed by atoms with Crippen LogP contribution in [0.5, 0.6) is 0 Å². The lowest BCUT2D eigenvalue weighted by molar-refractivity contribution is -0.133. The molecule has 0 fully saturated rings. The van der Waals surface area contributed by atoms with Crippen molar-refractivity contribution in [2.24, 2.45) is 17.4 Å². The Kier molecular flexibility index (Phi) is 8.76. The lowest BCUT2D eigenvalue weighted by Crippen LogP contribution is -2.54. The molecule has 0 heterocycles. The summed E-state index contributed by atoms with van der Waals surface area (Å²) in [7, 11) is 0. The largest absolute Gasteiger partial charge is 0.396 e. The first-order valence-corrected chi connectivity index (χ1v) is 6.95. The van der Waals surface area contributed by atoms with Crippen LogP contribution in [-0.2, 0) is 19.2 Å². The lowest BCUT2D eigenvalue weighted by Gasteiger charge is -2.22. The van der Waals surface area contributed by atoms with Gasteiger partial charge in [-0.2, -0.15) is 0 Å². The molecule has 126 valence electrons. The van der Waals surface area contributed by atoms with Crippen molar-refractivity contribution in [2.45, 2.75) is 45.2 Å². The molecule has 0 aromatic heterocycles. The molecule has 0 saturated carbocycles. The van der Waals surface area contributed by atoms with Gasteiger partial charge in [0.2, 0.25) is 23.6 Å². The molecule has 0 spiro atoms. The molecule has 0 aliphatic rings. The summed E-state index contributed by atoms with van der Waals surface area (Å²) in [4.78, 5) is 45.8. The van der Waals surface area contributed by atoms with E-state index in [4.69, 9.17) is 16.6 Å². The molecule has 0 rings (SSSR count). The number of aliphatic hydroxyl groups excluding tert-OH is 1. The predicted molar refractivity (Wildman–Crippen MR) is 78.0 cm³/mol. The van der Waals surface area contributed by atoms with Crippen LogP contribution in [0, 0.1) is 5.92 Å². The quantitative estimate of drug-likeness (QED) is 0.306. The average molecular weight is 316 g/mol. The van der Waals surface area contributed by atoms with E-state index >= 15 is 0 Å². The summed E-state index contributed by atoms with van der Waals surface area (Å²) < 4.78 is 0. The zero-order valence-corrected chi connectivity index (χ0v) is 12.8. The second-order valence-corrected chi connectivity index (χ2v) is 5.36. The van der Waals surface area contributed by atoms with Crippen molar-refractivity contribution >= 4 is 23.6 Å². The molecule has 0 aromatic rings. The van der Waals surface area contributed by atoms with Crippen LogP contribution in [0.4, 0.5) is 0 Å². The number of hydrogen-bond donors (Lipinski definition) is 5. The molecule has 0 unspecified atom stereocenters. The molecule has 0 saturated heterocycles. The second kappa shape index (κ2) is 9.72. The number of carbonyl (C=O) groups excluding carboxylic acids is 4. The van der Waals surface area contributed by atoms with Crippen LogP contribution >= 0.6 is 0 Å². The minimum absolute atomic E-state index is 0.0911. The predicted octanol–water partition coefficient (Wildman–Crippen LogP) is -2.25. The third-order valence-electron chi connectivity index (χ3n) is 2.76. The normalized spacial score (nSPS) is 13.3. The van der Waals surface area contributed by atoms with E-state index in [2.05, 4.69) is 10.6 Å². The molecule has 0 bridgehead atoms. The number of rotatable bonds is 10. The van der Waals surface area contributed by atoms with E-state index in [1.54, 1.807) is 0 Å². The zero-order valence-electron chi connectivity index (χ0n) is 12.8. The molecule has 2 atom stereocenters. The van der Waals surface area contributed by atoms with Crippen LogP contribution in [0.25, 0.3) is 0 Å². The standard InChI is InChI=1S/C13H24N4O5/c1-7(2)5-9(16-11(20)3-4-18)13(22)17-8(12(15)21)6-10(14)19/h7-9,18H,3-6H2,1-2H3,(H2,14,19)(H2,15,21)(H,16,20)(H,17,22)/t8-,9-/m0/s1. The molecule has 7 N–H and O–H groups in total. The highest BCUT2D eigenvalue weighted by atomic mass is 16.3. The van der Waals surface area contributed by atoms with E-state index in [1.165, 1.54) is 0 Å². The van der Waals surface area contributed by atoms with Crippen molar-refractivity contribution < 1.29 is 24.3 Å². The highest BCUT2D eigenvalue weighted by molar-refractivity contribution is 5.93. The van der Waals surface area contributed by atoms with E-state index in [0.29, 0.717) is 6.42 Å². The van der Waals surface area contributed by atoms with E-state index < -0.39 is 42.1 Å². The Hall–Kier alpha value is -2.16. The van der Waals surface area contributed by atoms with Gasteiger partial charge in [0, 0.05) is 6.42 Å². The molecule has 0 aromatic carbocycles. The van der Waals surface area contributed by atoms with Crippen molar-refractivity contribution in [3.63, 3.8) is 0 Å². The summed E-state index contributed by atoms with van der Waals surface area (Å²) in [6, 6.07) is -2.12. The van der Waals surface area contributed by atoms with Crippen LogP contribution in [-0.4, -0.2) is 47.4 Å². The molecule has 9 heteroatoms. The van der Waals surface area contributed by atoms with Gasteiger partial charge in [-0.25, -0.2) is 0 Å². The number of primary amides is 2. The number of carbonyl (C=O) groups is 4. The first-order chi connectivity index (χ1) is 10.2. The summed E-state index contributed by atoms with van der Waals surface area (Å²) in [6.07, 6.45) is -0.229. The maximum absolute atomic E-state index is 12.2. The van der Waals surface area contributed by atoms with Crippen LogP contribution < -0.4 is 22.1 Å². The van der Waals surface area contributed by atoms with Gasteiger partial charge >= 0.3 is 0 Å². The van der Waals surface area contributed by atoms with Crippen LogP contribution in [0.2, 0.25) is 0 Å². The lowest BCUT2D eigenvalue weighted by atomic mass is 10.0. The molecular weight excluding hydrogens is 292 g/mol. The van der Waals surface area contributed by atoms with Gasteiger partial charge < -0.3 is 27.2 Å². The first-order valence-electron chi connectivity index (χ1n) is 6.95. The Bertz CT molecular complexity index is 425. The van der Waals surface area contributed by atoms with Gasteiger partial charge in [-0.1, -0.05) is 13.8 Å². The minimum atomic E-state index is -1.23. The smallest absolute Gasteiger partial charge is 0.243 e. The van der Waals surface area contributed by atoms with Gasteiger partial charge in [0.05, 0.1) is 13.0 Å². The Balaban J connectivity index is 4.88. The number of aliphatic hydroxyl groups is 1. The fourth-order valence-corrected chi connectivity index (χ4v) is 1.77. The summed E-state index contributed by atoms with van der Waals surface area (Å²) in [5.41, 5.74) is 10.1. The Morgan fingerprint density at radius 2 is 1.64 bits per heavy atom. The molecular formula is C13H24N4O5. The summed E-state index contributed by atoms with van der Waals surface area (Å²) in [6.45, 7) is 3.37. The van der Waals surface area contributed by atoms with E-state index in [9.17, 15) is 19.2 Å². The maximum Gasteiger partial charge on any atom is 0.243 e. The fourth-order valence-electron chi connectivity index (χ4n) is 1.77. The zero-order chi connectivity index (χ0) is 17.3. The van der Waals surface area contributed by atoms with Gasteiger partial charge in [0.1, 0.15) is 12.1 Å². The van der Waals surface area contributed by atoms with Gasteiger partial charge in [0.15, 0.2) is 0 Å². The van der Waals surface area contributed by atoms with Crippen molar-refractivity contribution in [3.8, 4) is 0 Å². The van der Waals surface area contributed by atoms with Gasteiger partial charge in [0.25, 0.3) is 0 Å². The monoisotopic (exact) mass is 316 g/mol. The van der Waals surface area contributed by atoms with Crippen LogP contribution in [0.3, 0.4) is 0 Å². The van der Waals surface area contributed by atoms with Gasteiger partial charge in [-0.15, -0.1) is 0 Å². The van der Waals surface area contributed by atoms with E-state index in [1.807, 2.05) is 13.8 Å². The molecule has 4 amide bonds. The van der Waals surface area contributed by atoms with Crippen LogP contribution in [0.1, 0.15) is 33.1 Å². The summed E-state index contributed by atoms with van der Waals surface area (Å²) >= 11 is 0. The average Bonchev–Trinajstić information content (AvgIpc) is 2.36. The molecule has 0 aliphatic carbocycles. The molecule has 0 radical (unpaired) electrons. The Morgan fingerprint density at radius 1 is 1.05 bits per heavy atom. The van der Waals surface area contributed by atoms with Crippen molar-refractivity contribution in [1.29, 1.82) is 0 Å².